The average molecular weight is 216 g/mol. The molecule has 0 bridgehead atoms. The van der Waals surface area contributed by atoms with Gasteiger partial charge in [-0.3, -0.25) is 9.59 Å². The lowest BCUT2D eigenvalue weighted by Gasteiger charge is -2.14. The third-order valence-electron chi connectivity index (χ3n) is 2.62. The van der Waals surface area contributed by atoms with E-state index < -0.39 is 17.9 Å². The first-order chi connectivity index (χ1) is 7.06. The third-order valence-corrected chi connectivity index (χ3v) is 2.62. The van der Waals surface area contributed by atoms with Crippen LogP contribution in [0.1, 0.15) is 33.1 Å². The van der Waals surface area contributed by atoms with E-state index in [2.05, 4.69) is 23.3 Å². The molecular formula is C11H20O4. The molecule has 1 atom stereocenters. The van der Waals surface area contributed by atoms with Gasteiger partial charge in [-0.05, 0) is 18.8 Å². The Morgan fingerprint density at radius 1 is 1.07 bits per heavy atom. The summed E-state index contributed by atoms with van der Waals surface area (Å²) in [5.74, 6) is -1.29. The Bertz CT molecular complexity index is 197. The Balaban J connectivity index is 4.25. The molecule has 0 aromatic heterocycles. The van der Waals surface area contributed by atoms with Crippen LogP contribution in [-0.4, -0.2) is 26.2 Å². The van der Waals surface area contributed by atoms with Gasteiger partial charge in [0.05, 0.1) is 14.2 Å². The Morgan fingerprint density at radius 2 is 1.53 bits per heavy atom. The van der Waals surface area contributed by atoms with E-state index >= 15 is 0 Å². The Kier molecular flexibility index (Phi) is 6.75. The molecule has 0 aliphatic heterocycles. The fourth-order valence-corrected chi connectivity index (χ4v) is 1.27. The van der Waals surface area contributed by atoms with E-state index in [0.29, 0.717) is 12.3 Å². The smallest absolute Gasteiger partial charge is 0.320 e. The van der Waals surface area contributed by atoms with Gasteiger partial charge in [-0.15, -0.1) is 0 Å². The monoisotopic (exact) mass is 216 g/mol. The van der Waals surface area contributed by atoms with Crippen molar-refractivity contribution in [2.75, 3.05) is 14.2 Å². The first-order valence-electron chi connectivity index (χ1n) is 5.22. The molecule has 0 aromatic rings. The van der Waals surface area contributed by atoms with Gasteiger partial charge in [0.2, 0.25) is 0 Å². The lowest BCUT2D eigenvalue weighted by molar-refractivity contribution is -0.159. The number of hydrogen-bond acceptors (Lipinski definition) is 4. The maximum Gasteiger partial charge on any atom is 0.320 e. The van der Waals surface area contributed by atoms with Crippen LogP contribution in [0.15, 0.2) is 0 Å². The number of methoxy groups -OCH3 is 2. The van der Waals surface area contributed by atoms with E-state index in [0.717, 1.165) is 12.8 Å². The molecule has 0 saturated heterocycles. The van der Waals surface area contributed by atoms with Gasteiger partial charge < -0.3 is 9.47 Å². The molecule has 0 aromatic carbocycles. The fraction of sp³-hybridized carbons (Fsp3) is 0.818. The third kappa shape index (κ3) is 4.81. The summed E-state index contributed by atoms with van der Waals surface area (Å²) in [6.45, 7) is 4.17. The highest BCUT2D eigenvalue weighted by molar-refractivity contribution is 5.94. The summed E-state index contributed by atoms with van der Waals surface area (Å²) in [5, 5.41) is 0. The van der Waals surface area contributed by atoms with Gasteiger partial charge in [-0.1, -0.05) is 20.3 Å². The Labute approximate surface area is 90.9 Å². The molecule has 4 nitrogen and oxygen atoms in total. The summed E-state index contributed by atoms with van der Waals surface area (Å²) in [6.07, 6.45) is 2.36. The summed E-state index contributed by atoms with van der Waals surface area (Å²) in [5.41, 5.74) is 0. The van der Waals surface area contributed by atoms with Crippen molar-refractivity contribution >= 4 is 11.9 Å². The van der Waals surface area contributed by atoms with E-state index in [1.54, 1.807) is 0 Å². The van der Waals surface area contributed by atoms with Crippen LogP contribution in [0.5, 0.6) is 0 Å². The van der Waals surface area contributed by atoms with Crippen molar-refractivity contribution in [3.8, 4) is 0 Å². The highest BCUT2D eigenvalue weighted by Crippen LogP contribution is 2.17. The second-order valence-electron chi connectivity index (χ2n) is 3.69. The Hall–Kier alpha value is -1.06. The quantitative estimate of drug-likeness (QED) is 0.501. The SMILES string of the molecule is CCC(C)CCC(C(=O)OC)C(=O)OC. The van der Waals surface area contributed by atoms with E-state index in [1.165, 1.54) is 14.2 Å². The number of carbonyl (C=O) groups is 2. The fourth-order valence-electron chi connectivity index (χ4n) is 1.27. The Morgan fingerprint density at radius 3 is 1.87 bits per heavy atom. The van der Waals surface area contributed by atoms with Gasteiger partial charge in [0, 0.05) is 0 Å². The molecule has 15 heavy (non-hydrogen) atoms. The van der Waals surface area contributed by atoms with Crippen LogP contribution in [0.3, 0.4) is 0 Å². The predicted molar refractivity (Wildman–Crippen MR) is 56.2 cm³/mol. The van der Waals surface area contributed by atoms with Crippen molar-refractivity contribution in [2.45, 2.75) is 33.1 Å². The molecule has 0 amide bonds. The largest absolute Gasteiger partial charge is 0.468 e. The standard InChI is InChI=1S/C11H20O4/c1-5-8(2)6-7-9(10(12)14-3)11(13)15-4/h8-9H,5-7H2,1-4H3. The zero-order valence-corrected chi connectivity index (χ0v) is 9.91. The molecule has 0 aliphatic carbocycles. The molecule has 4 heteroatoms. The van der Waals surface area contributed by atoms with Crippen LogP contribution in [0.4, 0.5) is 0 Å². The maximum atomic E-state index is 11.3. The van der Waals surface area contributed by atoms with Crippen molar-refractivity contribution in [3.63, 3.8) is 0 Å². The minimum Gasteiger partial charge on any atom is -0.468 e. The van der Waals surface area contributed by atoms with Crippen LogP contribution >= 0.6 is 0 Å². The minimum atomic E-state index is -0.769. The molecule has 0 N–H and O–H groups in total. The van der Waals surface area contributed by atoms with Crippen molar-refractivity contribution in [1.82, 2.24) is 0 Å². The average Bonchev–Trinajstić information content (AvgIpc) is 2.27. The van der Waals surface area contributed by atoms with Gasteiger partial charge >= 0.3 is 11.9 Å². The molecule has 88 valence electrons. The molecule has 0 radical (unpaired) electrons. The van der Waals surface area contributed by atoms with Gasteiger partial charge in [0.1, 0.15) is 0 Å². The van der Waals surface area contributed by atoms with Gasteiger partial charge in [-0.25, -0.2) is 0 Å². The second kappa shape index (κ2) is 7.26. The lowest BCUT2D eigenvalue weighted by atomic mass is 9.95. The van der Waals surface area contributed by atoms with Crippen LogP contribution in [-0.2, 0) is 19.1 Å². The zero-order valence-electron chi connectivity index (χ0n) is 9.91. The van der Waals surface area contributed by atoms with Crippen LogP contribution in [0.25, 0.3) is 0 Å². The first kappa shape index (κ1) is 13.9. The topological polar surface area (TPSA) is 52.6 Å². The molecule has 0 spiro atoms. The molecule has 1 unspecified atom stereocenters. The van der Waals surface area contributed by atoms with Crippen LogP contribution in [0, 0.1) is 11.8 Å². The number of esters is 2. The summed E-state index contributed by atoms with van der Waals surface area (Å²) in [6, 6.07) is 0. The molecular weight excluding hydrogens is 196 g/mol. The molecule has 0 heterocycles. The lowest BCUT2D eigenvalue weighted by Crippen LogP contribution is -2.26. The zero-order chi connectivity index (χ0) is 11.8. The summed E-state index contributed by atoms with van der Waals surface area (Å²) < 4.78 is 9.12. The number of carbonyl (C=O) groups excluding carboxylic acids is 2. The normalized spacial score (nSPS) is 12.3. The van der Waals surface area contributed by atoms with Crippen molar-refractivity contribution < 1.29 is 19.1 Å². The van der Waals surface area contributed by atoms with E-state index in [9.17, 15) is 9.59 Å². The van der Waals surface area contributed by atoms with Crippen molar-refractivity contribution in [3.05, 3.63) is 0 Å². The van der Waals surface area contributed by atoms with Gasteiger partial charge in [0.15, 0.2) is 5.92 Å². The first-order valence-corrected chi connectivity index (χ1v) is 5.22. The van der Waals surface area contributed by atoms with Gasteiger partial charge in [0.25, 0.3) is 0 Å². The van der Waals surface area contributed by atoms with Crippen molar-refractivity contribution in [2.24, 2.45) is 11.8 Å². The van der Waals surface area contributed by atoms with E-state index in [4.69, 9.17) is 0 Å². The molecule has 0 saturated carbocycles. The van der Waals surface area contributed by atoms with Crippen molar-refractivity contribution in [1.29, 1.82) is 0 Å². The van der Waals surface area contributed by atoms with E-state index in [1.807, 2.05) is 0 Å². The number of rotatable bonds is 6. The minimum absolute atomic E-state index is 0.494. The molecule has 0 fully saturated rings. The van der Waals surface area contributed by atoms with E-state index in [-0.39, 0.29) is 0 Å². The summed E-state index contributed by atoms with van der Waals surface area (Å²) in [4.78, 5) is 22.6. The summed E-state index contributed by atoms with van der Waals surface area (Å²) >= 11 is 0. The molecule has 0 rings (SSSR count). The predicted octanol–water partition coefficient (Wildman–Crippen LogP) is 1.77. The number of ether oxygens (including phenoxy) is 2. The highest BCUT2D eigenvalue weighted by Gasteiger charge is 2.28. The second-order valence-corrected chi connectivity index (χ2v) is 3.69. The maximum absolute atomic E-state index is 11.3. The highest BCUT2D eigenvalue weighted by atomic mass is 16.5. The van der Waals surface area contributed by atoms with Crippen LogP contribution in [0.2, 0.25) is 0 Å². The number of hydrogen-bond donors (Lipinski definition) is 0. The molecule has 0 aliphatic rings. The van der Waals surface area contributed by atoms with Gasteiger partial charge in [-0.2, -0.15) is 0 Å². The summed E-state index contributed by atoms with van der Waals surface area (Å²) in [7, 11) is 2.56. The van der Waals surface area contributed by atoms with Crippen LogP contribution < -0.4 is 0 Å².